The van der Waals surface area contributed by atoms with Gasteiger partial charge < -0.3 is 9.47 Å². The fraction of sp³-hybridized carbons (Fsp3) is 0.353. The molecule has 0 radical (unpaired) electrons. The lowest BCUT2D eigenvalue weighted by Gasteiger charge is -2.09. The SMILES string of the molecule is CCCCCOc1ccc2c(OC(C)=O)cccc2c1. The van der Waals surface area contributed by atoms with Gasteiger partial charge in [-0.3, -0.25) is 4.79 Å². The van der Waals surface area contributed by atoms with Crippen LogP contribution >= 0.6 is 0 Å². The van der Waals surface area contributed by atoms with Crippen molar-refractivity contribution in [2.75, 3.05) is 6.61 Å². The first-order valence-electron chi connectivity index (χ1n) is 7.04. The highest BCUT2D eigenvalue weighted by Crippen LogP contribution is 2.29. The third-order valence-electron chi connectivity index (χ3n) is 3.08. The molecule has 2 aromatic rings. The largest absolute Gasteiger partial charge is 0.494 e. The van der Waals surface area contributed by atoms with Crippen LogP contribution < -0.4 is 9.47 Å². The van der Waals surface area contributed by atoms with Gasteiger partial charge in [0.05, 0.1) is 6.61 Å². The molecule has 0 saturated carbocycles. The van der Waals surface area contributed by atoms with Crippen molar-refractivity contribution in [3.8, 4) is 11.5 Å². The van der Waals surface area contributed by atoms with E-state index in [-0.39, 0.29) is 5.97 Å². The van der Waals surface area contributed by atoms with Crippen LogP contribution in [-0.2, 0) is 4.79 Å². The molecule has 0 aliphatic rings. The highest BCUT2D eigenvalue weighted by Gasteiger charge is 2.05. The molecule has 106 valence electrons. The normalized spacial score (nSPS) is 10.5. The van der Waals surface area contributed by atoms with Gasteiger partial charge in [0.2, 0.25) is 0 Å². The van der Waals surface area contributed by atoms with Crippen LogP contribution in [0, 0.1) is 0 Å². The van der Waals surface area contributed by atoms with Gasteiger partial charge in [0.25, 0.3) is 0 Å². The summed E-state index contributed by atoms with van der Waals surface area (Å²) in [6.45, 7) is 4.32. The number of esters is 1. The Bertz CT molecular complexity index is 590. The summed E-state index contributed by atoms with van der Waals surface area (Å²) < 4.78 is 10.9. The van der Waals surface area contributed by atoms with Gasteiger partial charge in [-0.05, 0) is 36.1 Å². The Labute approximate surface area is 119 Å². The molecule has 0 bridgehead atoms. The lowest BCUT2D eigenvalue weighted by atomic mass is 10.1. The summed E-state index contributed by atoms with van der Waals surface area (Å²) in [6, 6.07) is 11.5. The molecule has 0 spiro atoms. The summed E-state index contributed by atoms with van der Waals surface area (Å²) in [6.07, 6.45) is 3.44. The van der Waals surface area contributed by atoms with Crippen molar-refractivity contribution in [1.82, 2.24) is 0 Å². The number of fused-ring (bicyclic) bond motifs is 1. The van der Waals surface area contributed by atoms with Crippen molar-refractivity contribution in [2.45, 2.75) is 33.1 Å². The molecule has 0 aromatic heterocycles. The second kappa shape index (κ2) is 6.94. The number of ether oxygens (including phenoxy) is 2. The summed E-state index contributed by atoms with van der Waals surface area (Å²) in [5.41, 5.74) is 0. The molecule has 0 amide bonds. The summed E-state index contributed by atoms with van der Waals surface area (Å²) >= 11 is 0. The van der Waals surface area contributed by atoms with E-state index < -0.39 is 0 Å². The first kappa shape index (κ1) is 14.4. The zero-order valence-electron chi connectivity index (χ0n) is 12.0. The summed E-state index contributed by atoms with van der Waals surface area (Å²) in [7, 11) is 0. The van der Waals surface area contributed by atoms with E-state index in [0.717, 1.165) is 29.5 Å². The van der Waals surface area contributed by atoms with E-state index in [1.807, 2.05) is 30.3 Å². The lowest BCUT2D eigenvalue weighted by molar-refractivity contribution is -0.131. The number of carbonyl (C=O) groups excluding carboxylic acids is 1. The third kappa shape index (κ3) is 3.73. The van der Waals surface area contributed by atoms with Crippen molar-refractivity contribution in [2.24, 2.45) is 0 Å². The molecule has 0 aliphatic carbocycles. The first-order chi connectivity index (χ1) is 9.70. The Balaban J connectivity index is 2.16. The van der Waals surface area contributed by atoms with E-state index >= 15 is 0 Å². The van der Waals surface area contributed by atoms with Crippen molar-refractivity contribution in [1.29, 1.82) is 0 Å². The van der Waals surface area contributed by atoms with E-state index in [1.165, 1.54) is 19.8 Å². The van der Waals surface area contributed by atoms with E-state index in [0.29, 0.717) is 5.75 Å². The van der Waals surface area contributed by atoms with Gasteiger partial charge in [-0.25, -0.2) is 0 Å². The minimum Gasteiger partial charge on any atom is -0.494 e. The minimum absolute atomic E-state index is 0.308. The van der Waals surface area contributed by atoms with E-state index in [9.17, 15) is 4.79 Å². The molecule has 0 fully saturated rings. The van der Waals surface area contributed by atoms with Crippen LogP contribution in [-0.4, -0.2) is 12.6 Å². The smallest absolute Gasteiger partial charge is 0.308 e. The number of unbranched alkanes of at least 4 members (excludes halogenated alkanes) is 2. The van der Waals surface area contributed by atoms with Crippen LogP contribution in [0.1, 0.15) is 33.1 Å². The van der Waals surface area contributed by atoms with Gasteiger partial charge in [-0.15, -0.1) is 0 Å². The highest BCUT2D eigenvalue weighted by molar-refractivity contribution is 5.91. The molecular weight excluding hydrogens is 252 g/mol. The molecule has 20 heavy (non-hydrogen) atoms. The number of rotatable bonds is 6. The van der Waals surface area contributed by atoms with Gasteiger partial charge in [0.15, 0.2) is 0 Å². The van der Waals surface area contributed by atoms with Gasteiger partial charge in [0, 0.05) is 12.3 Å². The van der Waals surface area contributed by atoms with Gasteiger partial charge >= 0.3 is 5.97 Å². The number of benzene rings is 2. The van der Waals surface area contributed by atoms with Crippen molar-refractivity contribution < 1.29 is 14.3 Å². The van der Waals surface area contributed by atoms with Crippen LogP contribution in [0.5, 0.6) is 11.5 Å². The second-order valence-electron chi connectivity index (χ2n) is 4.79. The van der Waals surface area contributed by atoms with Gasteiger partial charge in [-0.1, -0.05) is 31.9 Å². The average Bonchev–Trinajstić information content (AvgIpc) is 2.43. The molecule has 2 aromatic carbocycles. The summed E-state index contributed by atoms with van der Waals surface area (Å²) in [5, 5.41) is 1.93. The molecule has 0 saturated heterocycles. The van der Waals surface area contributed by atoms with E-state index in [4.69, 9.17) is 9.47 Å². The number of hydrogen-bond acceptors (Lipinski definition) is 3. The molecule has 3 nitrogen and oxygen atoms in total. The highest BCUT2D eigenvalue weighted by atomic mass is 16.5. The fourth-order valence-corrected chi connectivity index (χ4v) is 2.11. The quantitative estimate of drug-likeness (QED) is 0.446. The second-order valence-corrected chi connectivity index (χ2v) is 4.79. The molecule has 0 aliphatic heterocycles. The van der Waals surface area contributed by atoms with Crippen molar-refractivity contribution in [3.05, 3.63) is 36.4 Å². The van der Waals surface area contributed by atoms with Crippen molar-refractivity contribution in [3.63, 3.8) is 0 Å². The molecular formula is C17H20O3. The van der Waals surface area contributed by atoms with E-state index in [2.05, 4.69) is 6.92 Å². The van der Waals surface area contributed by atoms with Crippen LogP contribution in [0.2, 0.25) is 0 Å². The Morgan fingerprint density at radius 1 is 1.15 bits per heavy atom. The van der Waals surface area contributed by atoms with Crippen LogP contribution in [0.4, 0.5) is 0 Å². The average molecular weight is 272 g/mol. The predicted molar refractivity (Wildman–Crippen MR) is 80.3 cm³/mol. The predicted octanol–water partition coefficient (Wildman–Crippen LogP) is 4.33. The van der Waals surface area contributed by atoms with Crippen LogP contribution in [0.3, 0.4) is 0 Å². The molecule has 0 atom stereocenters. The number of hydrogen-bond donors (Lipinski definition) is 0. The van der Waals surface area contributed by atoms with Crippen LogP contribution in [0.15, 0.2) is 36.4 Å². The lowest BCUT2D eigenvalue weighted by Crippen LogP contribution is -2.01. The van der Waals surface area contributed by atoms with Gasteiger partial charge in [0.1, 0.15) is 11.5 Å². The van der Waals surface area contributed by atoms with E-state index in [1.54, 1.807) is 6.07 Å². The molecule has 0 unspecified atom stereocenters. The zero-order chi connectivity index (χ0) is 14.4. The Kier molecular flexibility index (Phi) is 4.99. The topological polar surface area (TPSA) is 35.5 Å². The summed E-state index contributed by atoms with van der Waals surface area (Å²) in [5.74, 6) is 1.14. The Morgan fingerprint density at radius 3 is 2.75 bits per heavy atom. The van der Waals surface area contributed by atoms with Crippen molar-refractivity contribution >= 4 is 16.7 Å². The number of carbonyl (C=O) groups is 1. The molecule has 0 heterocycles. The fourth-order valence-electron chi connectivity index (χ4n) is 2.11. The maximum absolute atomic E-state index is 11.1. The maximum Gasteiger partial charge on any atom is 0.308 e. The maximum atomic E-state index is 11.1. The standard InChI is InChI=1S/C17H20O3/c1-3-4-5-11-19-15-9-10-16-14(12-15)7-6-8-17(16)20-13(2)18/h6-10,12H,3-5,11H2,1-2H3. The summed E-state index contributed by atoms with van der Waals surface area (Å²) in [4.78, 5) is 11.1. The minimum atomic E-state index is -0.308. The molecule has 3 heteroatoms. The molecule has 2 rings (SSSR count). The third-order valence-corrected chi connectivity index (χ3v) is 3.08. The monoisotopic (exact) mass is 272 g/mol. The zero-order valence-corrected chi connectivity index (χ0v) is 12.0. The van der Waals surface area contributed by atoms with Gasteiger partial charge in [-0.2, -0.15) is 0 Å². The first-order valence-corrected chi connectivity index (χ1v) is 7.04. The Morgan fingerprint density at radius 2 is 2.00 bits per heavy atom. The Hall–Kier alpha value is -2.03. The molecule has 0 N–H and O–H groups in total. The van der Waals surface area contributed by atoms with Crippen LogP contribution in [0.25, 0.3) is 10.8 Å².